The highest BCUT2D eigenvalue weighted by molar-refractivity contribution is 6.30. The predicted octanol–water partition coefficient (Wildman–Crippen LogP) is 3.86. The molecule has 0 aliphatic carbocycles. The maximum absolute atomic E-state index is 14.2. The molecule has 1 unspecified atom stereocenters. The molecule has 0 saturated carbocycles. The zero-order chi connectivity index (χ0) is 24.7. The Balaban J connectivity index is 1.86. The van der Waals surface area contributed by atoms with Gasteiger partial charge in [-0.15, -0.1) is 0 Å². The van der Waals surface area contributed by atoms with Gasteiger partial charge in [0, 0.05) is 16.6 Å². The van der Waals surface area contributed by atoms with E-state index in [2.05, 4.69) is 20.7 Å². The van der Waals surface area contributed by atoms with Crippen LogP contribution in [0.15, 0.2) is 48.7 Å². The fourth-order valence-corrected chi connectivity index (χ4v) is 4.20. The molecule has 4 N–H and O–H groups in total. The van der Waals surface area contributed by atoms with Crippen LogP contribution in [0.3, 0.4) is 0 Å². The molecule has 0 fully saturated rings. The molecule has 10 heteroatoms. The molecule has 2 atom stereocenters. The number of hydrogen-bond acceptors (Lipinski definition) is 5. The maximum Gasteiger partial charge on any atom is 0.312 e. The van der Waals surface area contributed by atoms with Gasteiger partial charge in [0.2, 0.25) is 0 Å². The van der Waals surface area contributed by atoms with Gasteiger partial charge in [-0.1, -0.05) is 49.2 Å². The van der Waals surface area contributed by atoms with Crippen LogP contribution in [0.2, 0.25) is 5.02 Å². The van der Waals surface area contributed by atoms with E-state index in [-0.39, 0.29) is 18.5 Å². The second kappa shape index (κ2) is 11.2. The Labute approximate surface area is 201 Å². The Morgan fingerprint density at radius 2 is 1.97 bits per heavy atom. The first-order chi connectivity index (χ1) is 16.3. The summed E-state index contributed by atoms with van der Waals surface area (Å²) in [6.45, 7) is 1.28. The highest BCUT2D eigenvalue weighted by atomic mass is 35.5. The minimum absolute atomic E-state index is 0.0148. The van der Waals surface area contributed by atoms with Gasteiger partial charge in [0.25, 0.3) is 5.91 Å². The summed E-state index contributed by atoms with van der Waals surface area (Å²) in [5, 5.41) is 32.8. The smallest absolute Gasteiger partial charge is 0.312 e. The van der Waals surface area contributed by atoms with Gasteiger partial charge in [-0.3, -0.25) is 9.59 Å². The predicted molar refractivity (Wildman–Crippen MR) is 125 cm³/mol. The van der Waals surface area contributed by atoms with Gasteiger partial charge < -0.3 is 15.5 Å². The van der Waals surface area contributed by atoms with Crippen molar-refractivity contribution in [1.82, 2.24) is 20.7 Å². The lowest BCUT2D eigenvalue weighted by atomic mass is 9.77. The minimum Gasteiger partial charge on any atom is -0.481 e. The molecule has 180 valence electrons. The number of aliphatic hydroxyl groups is 1. The lowest BCUT2D eigenvalue weighted by Crippen LogP contribution is -2.45. The van der Waals surface area contributed by atoms with Gasteiger partial charge in [-0.25, -0.2) is 4.39 Å². The average molecular weight is 489 g/mol. The van der Waals surface area contributed by atoms with Gasteiger partial charge in [0.05, 0.1) is 18.2 Å². The van der Waals surface area contributed by atoms with Gasteiger partial charge in [-0.05, 0) is 48.6 Å². The van der Waals surface area contributed by atoms with E-state index in [0.29, 0.717) is 29.0 Å². The third kappa shape index (κ3) is 5.98. The topological polar surface area (TPSA) is 128 Å². The monoisotopic (exact) mass is 488 g/mol. The number of nitrogens with zero attached hydrogens (tertiary/aromatic N) is 2. The van der Waals surface area contributed by atoms with Crippen molar-refractivity contribution in [2.45, 2.75) is 38.6 Å². The van der Waals surface area contributed by atoms with E-state index >= 15 is 0 Å². The molecule has 8 nitrogen and oxygen atoms in total. The quantitative estimate of drug-likeness (QED) is 0.324. The Kier molecular flexibility index (Phi) is 8.36. The zero-order valence-corrected chi connectivity index (χ0v) is 19.3. The van der Waals surface area contributed by atoms with Crippen molar-refractivity contribution in [3.63, 3.8) is 0 Å². The van der Waals surface area contributed by atoms with E-state index < -0.39 is 35.8 Å². The van der Waals surface area contributed by atoms with Crippen molar-refractivity contribution in [2.75, 3.05) is 6.61 Å². The number of H-pyrrole nitrogens is 1. The summed E-state index contributed by atoms with van der Waals surface area (Å²) < 4.78 is 14.2. The van der Waals surface area contributed by atoms with Crippen molar-refractivity contribution in [3.05, 3.63) is 70.8 Å². The number of carboxylic acids is 1. The van der Waals surface area contributed by atoms with Gasteiger partial charge in [-0.2, -0.15) is 15.4 Å². The molecule has 1 heterocycles. The normalized spacial score (nSPS) is 13.8. The summed E-state index contributed by atoms with van der Waals surface area (Å²) in [5.74, 6) is -2.03. The molecular formula is C24H26ClFN4O4. The number of aliphatic hydroxyl groups excluding tert-OH is 1. The fraction of sp³-hybridized carbons (Fsp3) is 0.333. The summed E-state index contributed by atoms with van der Waals surface area (Å²) in [7, 11) is 0. The number of carboxylic acid groups (broad SMARTS) is 1. The Morgan fingerprint density at radius 1 is 1.24 bits per heavy atom. The van der Waals surface area contributed by atoms with Crippen LogP contribution in [0.25, 0.3) is 11.1 Å². The lowest BCUT2D eigenvalue weighted by molar-refractivity contribution is -0.153. The number of benzene rings is 2. The molecule has 0 saturated heterocycles. The number of aromatic amines is 1. The first-order valence-electron chi connectivity index (χ1n) is 10.8. The van der Waals surface area contributed by atoms with Gasteiger partial charge >= 0.3 is 5.97 Å². The number of hydrogen-bond donors (Lipinski definition) is 4. The van der Waals surface area contributed by atoms with Crippen molar-refractivity contribution in [3.8, 4) is 11.1 Å². The SMILES string of the molecule is CCCC(CO)(C[C@@H](Cc1ccc(-c2cc(Cl)ccc2F)cc1)NC(=O)c1cn[nH]n1)C(=O)O. The number of carbonyl (C=O) groups is 2. The van der Waals surface area contributed by atoms with E-state index in [9.17, 15) is 24.2 Å². The van der Waals surface area contributed by atoms with Crippen LogP contribution in [0.4, 0.5) is 4.39 Å². The molecule has 0 radical (unpaired) electrons. The molecule has 0 bridgehead atoms. The Bertz CT molecular complexity index is 1120. The lowest BCUT2D eigenvalue weighted by Gasteiger charge is -2.31. The summed E-state index contributed by atoms with van der Waals surface area (Å²) in [6.07, 6.45) is 2.38. The fourth-order valence-electron chi connectivity index (χ4n) is 4.03. The minimum atomic E-state index is -1.40. The van der Waals surface area contributed by atoms with Gasteiger partial charge in [0.1, 0.15) is 5.82 Å². The molecule has 34 heavy (non-hydrogen) atoms. The van der Waals surface area contributed by atoms with E-state index in [1.165, 1.54) is 18.3 Å². The maximum atomic E-state index is 14.2. The number of aromatic nitrogens is 3. The van der Waals surface area contributed by atoms with E-state index in [0.717, 1.165) is 5.56 Å². The molecule has 1 amide bonds. The number of amides is 1. The number of aliphatic carboxylic acids is 1. The summed E-state index contributed by atoms with van der Waals surface area (Å²) in [4.78, 5) is 24.7. The summed E-state index contributed by atoms with van der Waals surface area (Å²) in [6, 6.07) is 10.7. The van der Waals surface area contributed by atoms with Crippen LogP contribution in [-0.2, 0) is 11.2 Å². The molecule has 0 aliphatic rings. The summed E-state index contributed by atoms with van der Waals surface area (Å²) >= 11 is 6.00. The summed E-state index contributed by atoms with van der Waals surface area (Å²) in [5.41, 5.74) is 0.458. The number of carbonyl (C=O) groups excluding carboxylic acids is 1. The second-order valence-electron chi connectivity index (χ2n) is 8.25. The number of rotatable bonds is 11. The van der Waals surface area contributed by atoms with Gasteiger partial charge in [0.15, 0.2) is 5.69 Å². The van der Waals surface area contributed by atoms with Crippen LogP contribution in [0.5, 0.6) is 0 Å². The third-order valence-electron chi connectivity index (χ3n) is 5.78. The molecule has 0 spiro atoms. The first kappa shape index (κ1) is 25.3. The van der Waals surface area contributed by atoms with Crippen LogP contribution in [0.1, 0.15) is 42.2 Å². The van der Waals surface area contributed by atoms with E-state index in [1.807, 2.05) is 6.92 Å². The highest BCUT2D eigenvalue weighted by Crippen LogP contribution is 2.32. The molecule has 1 aromatic heterocycles. The Hall–Kier alpha value is -3.30. The Morgan fingerprint density at radius 3 is 2.56 bits per heavy atom. The van der Waals surface area contributed by atoms with E-state index in [1.54, 1.807) is 30.3 Å². The number of halogens is 2. The molecule has 3 rings (SSSR count). The second-order valence-corrected chi connectivity index (χ2v) is 8.69. The number of nitrogens with one attached hydrogen (secondary N) is 2. The standard InChI is InChI=1S/C24H26ClFN4O4/c1-2-9-24(14-31,23(33)34)12-18(28-22(32)21-13-27-30-29-21)10-15-3-5-16(6-4-15)19-11-17(25)7-8-20(19)26/h3-8,11,13,18,31H,2,9-10,12,14H2,1H3,(H,28,32)(H,33,34)(H,27,29,30)/t18-,24?/m1/s1. The largest absolute Gasteiger partial charge is 0.481 e. The van der Waals surface area contributed by atoms with Crippen molar-refractivity contribution >= 4 is 23.5 Å². The van der Waals surface area contributed by atoms with Crippen LogP contribution < -0.4 is 5.32 Å². The molecular weight excluding hydrogens is 463 g/mol. The highest BCUT2D eigenvalue weighted by Gasteiger charge is 2.40. The first-order valence-corrected chi connectivity index (χ1v) is 11.2. The van der Waals surface area contributed by atoms with Crippen molar-refractivity contribution < 1.29 is 24.2 Å². The average Bonchev–Trinajstić information content (AvgIpc) is 3.36. The molecule has 0 aliphatic heterocycles. The van der Waals surface area contributed by atoms with Crippen LogP contribution in [-0.4, -0.2) is 50.1 Å². The third-order valence-corrected chi connectivity index (χ3v) is 6.02. The van der Waals surface area contributed by atoms with Crippen molar-refractivity contribution in [1.29, 1.82) is 0 Å². The van der Waals surface area contributed by atoms with Crippen LogP contribution >= 0.6 is 11.6 Å². The van der Waals surface area contributed by atoms with Crippen molar-refractivity contribution in [2.24, 2.45) is 5.41 Å². The van der Waals surface area contributed by atoms with E-state index in [4.69, 9.17) is 11.6 Å². The molecule has 3 aromatic rings. The zero-order valence-electron chi connectivity index (χ0n) is 18.6. The molecule has 2 aromatic carbocycles. The van der Waals surface area contributed by atoms with Crippen LogP contribution in [0, 0.1) is 11.2 Å².